The number of fused-ring (bicyclic) bond motifs is 6. The number of nitrogens with one attached hydrogen (secondary N) is 1. The molecule has 8 rings (SSSR count). The molecule has 2 heterocycles. The highest BCUT2D eigenvalue weighted by Gasteiger charge is 2.34. The summed E-state index contributed by atoms with van der Waals surface area (Å²) in [5.41, 5.74) is 16.3. The Bertz CT molecular complexity index is 1880. The Morgan fingerprint density at radius 2 is 1.38 bits per heavy atom. The summed E-state index contributed by atoms with van der Waals surface area (Å²) in [5.74, 6) is 0.930. The minimum absolute atomic E-state index is 0.191. The molecule has 188 valence electrons. The second kappa shape index (κ2) is 8.42. The molecule has 0 unspecified atom stereocenters. The number of aromatic nitrogens is 2. The first-order chi connectivity index (χ1) is 19.2. The van der Waals surface area contributed by atoms with Gasteiger partial charge in [-0.05, 0) is 65.9 Å². The van der Waals surface area contributed by atoms with Gasteiger partial charge < -0.3 is 11.1 Å². The van der Waals surface area contributed by atoms with Gasteiger partial charge in [-0.3, -0.25) is 4.57 Å². The van der Waals surface area contributed by atoms with Gasteiger partial charge in [-0.25, -0.2) is 4.98 Å². The van der Waals surface area contributed by atoms with Gasteiger partial charge in [0.2, 0.25) is 0 Å². The third-order valence-corrected chi connectivity index (χ3v) is 8.46. The molecule has 39 heavy (non-hydrogen) atoms. The van der Waals surface area contributed by atoms with Gasteiger partial charge in [0.1, 0.15) is 5.82 Å². The molecule has 0 atom stereocenters. The molecular weight excluding hydrogens is 476 g/mol. The van der Waals surface area contributed by atoms with Crippen molar-refractivity contribution in [1.29, 1.82) is 0 Å². The molecule has 0 bridgehead atoms. The van der Waals surface area contributed by atoms with E-state index >= 15 is 0 Å². The maximum absolute atomic E-state index is 6.69. The molecule has 4 heteroatoms. The lowest BCUT2D eigenvalue weighted by molar-refractivity contribution is 0.253. The number of hydrogen-bond donors (Lipinski definition) is 2. The van der Waals surface area contributed by atoms with Crippen LogP contribution in [0.5, 0.6) is 0 Å². The van der Waals surface area contributed by atoms with E-state index in [0.717, 1.165) is 63.8 Å². The molecule has 1 fully saturated rings. The van der Waals surface area contributed by atoms with Crippen molar-refractivity contribution in [2.75, 3.05) is 5.32 Å². The van der Waals surface area contributed by atoms with E-state index in [1.54, 1.807) is 0 Å². The minimum Gasteiger partial charge on any atom is -0.353 e. The fraction of sp³-hybridized carbons (Fsp3) is 0.114. The fourth-order valence-electron chi connectivity index (χ4n) is 6.15. The number of imidazole rings is 1. The number of benzene rings is 5. The van der Waals surface area contributed by atoms with E-state index < -0.39 is 0 Å². The highest BCUT2D eigenvalue weighted by Crippen LogP contribution is 2.46. The van der Waals surface area contributed by atoms with E-state index in [1.807, 2.05) is 0 Å². The van der Waals surface area contributed by atoms with Crippen LogP contribution in [-0.4, -0.2) is 9.55 Å². The normalized spacial score (nSPS) is 14.9. The van der Waals surface area contributed by atoms with Gasteiger partial charge >= 0.3 is 0 Å². The van der Waals surface area contributed by atoms with Gasteiger partial charge in [0.25, 0.3) is 0 Å². The Labute approximate surface area is 227 Å². The van der Waals surface area contributed by atoms with E-state index in [0.29, 0.717) is 0 Å². The standard InChI is InChI=1S/C35H28N4/c36-35(20-7-21-35)27-18-16-24(17-19-27)33-32(26-15-14-23-8-1-2-9-25(23)22-26)38-34-28-10-3-4-11-29(28)37-30-12-5-6-13-31(30)39(33)34/h1-6,8-19,22,37H,7,20-21,36H2. The summed E-state index contributed by atoms with van der Waals surface area (Å²) in [6.45, 7) is 0. The van der Waals surface area contributed by atoms with Gasteiger partial charge in [0.05, 0.1) is 22.8 Å². The zero-order valence-corrected chi connectivity index (χ0v) is 21.6. The molecule has 0 amide bonds. The van der Waals surface area contributed by atoms with Crippen LogP contribution in [0.3, 0.4) is 0 Å². The molecule has 0 saturated heterocycles. The predicted octanol–water partition coefficient (Wildman–Crippen LogP) is 8.42. The monoisotopic (exact) mass is 504 g/mol. The Hall–Kier alpha value is -4.67. The molecule has 1 aromatic heterocycles. The predicted molar refractivity (Wildman–Crippen MR) is 160 cm³/mol. The van der Waals surface area contributed by atoms with Gasteiger partial charge in [-0.15, -0.1) is 0 Å². The molecule has 4 nitrogen and oxygen atoms in total. The van der Waals surface area contributed by atoms with Crippen LogP contribution in [0.2, 0.25) is 0 Å². The fourth-order valence-corrected chi connectivity index (χ4v) is 6.15. The lowest BCUT2D eigenvalue weighted by Crippen LogP contribution is -2.43. The topological polar surface area (TPSA) is 55.9 Å². The van der Waals surface area contributed by atoms with Crippen molar-refractivity contribution in [2.24, 2.45) is 5.73 Å². The van der Waals surface area contributed by atoms with E-state index in [9.17, 15) is 0 Å². The van der Waals surface area contributed by atoms with Crippen molar-refractivity contribution >= 4 is 22.1 Å². The number of anilines is 2. The molecule has 5 aromatic carbocycles. The van der Waals surface area contributed by atoms with E-state index in [4.69, 9.17) is 10.7 Å². The van der Waals surface area contributed by atoms with Crippen LogP contribution in [0.25, 0.3) is 50.4 Å². The Morgan fingerprint density at radius 3 is 2.18 bits per heavy atom. The molecule has 6 aromatic rings. The summed E-state index contributed by atoms with van der Waals surface area (Å²) in [6.07, 6.45) is 3.29. The minimum atomic E-state index is -0.191. The van der Waals surface area contributed by atoms with E-state index in [1.165, 1.54) is 22.8 Å². The lowest BCUT2D eigenvalue weighted by Gasteiger charge is -2.38. The maximum atomic E-state index is 6.69. The smallest absolute Gasteiger partial charge is 0.147 e. The molecule has 2 aliphatic rings. The van der Waals surface area contributed by atoms with Crippen molar-refractivity contribution in [3.63, 3.8) is 0 Å². The van der Waals surface area contributed by atoms with Crippen LogP contribution in [0.4, 0.5) is 11.4 Å². The summed E-state index contributed by atoms with van der Waals surface area (Å²) >= 11 is 0. The summed E-state index contributed by atoms with van der Waals surface area (Å²) in [7, 11) is 0. The van der Waals surface area contributed by atoms with Crippen molar-refractivity contribution in [1.82, 2.24) is 9.55 Å². The number of nitrogens with zero attached hydrogens (tertiary/aromatic N) is 2. The van der Waals surface area contributed by atoms with Crippen LogP contribution >= 0.6 is 0 Å². The van der Waals surface area contributed by atoms with E-state index in [2.05, 4.69) is 125 Å². The van der Waals surface area contributed by atoms with Crippen LogP contribution in [0.15, 0.2) is 115 Å². The number of para-hydroxylation sites is 3. The van der Waals surface area contributed by atoms with Gasteiger partial charge in [-0.1, -0.05) is 84.9 Å². The SMILES string of the molecule is NC1(c2ccc(-c3c(-c4ccc5ccccc5c4)nc4n3-c3ccccc3Nc3ccccc3-4)cc2)CCC1. The highest BCUT2D eigenvalue weighted by atomic mass is 15.1. The first kappa shape index (κ1) is 22.3. The van der Waals surface area contributed by atoms with Gasteiger partial charge in [0, 0.05) is 27.9 Å². The third-order valence-electron chi connectivity index (χ3n) is 8.46. The molecule has 1 saturated carbocycles. The summed E-state index contributed by atoms with van der Waals surface area (Å²) in [5, 5.41) is 6.09. The Kier molecular flexibility index (Phi) is 4.82. The van der Waals surface area contributed by atoms with Crippen LogP contribution in [0.1, 0.15) is 24.8 Å². The Balaban J connectivity index is 1.43. The second-order valence-corrected chi connectivity index (χ2v) is 10.8. The van der Waals surface area contributed by atoms with Gasteiger partial charge in [-0.2, -0.15) is 0 Å². The Morgan fingerprint density at radius 1 is 0.692 bits per heavy atom. The average molecular weight is 505 g/mol. The van der Waals surface area contributed by atoms with E-state index in [-0.39, 0.29) is 5.54 Å². The zero-order valence-electron chi connectivity index (χ0n) is 21.6. The van der Waals surface area contributed by atoms with Crippen LogP contribution < -0.4 is 11.1 Å². The lowest BCUT2D eigenvalue weighted by atomic mass is 9.72. The summed E-state index contributed by atoms with van der Waals surface area (Å²) in [6, 6.07) is 40.9. The molecule has 1 aliphatic heterocycles. The van der Waals surface area contributed by atoms with Crippen molar-refractivity contribution < 1.29 is 0 Å². The number of hydrogen-bond acceptors (Lipinski definition) is 3. The first-order valence-corrected chi connectivity index (χ1v) is 13.7. The summed E-state index contributed by atoms with van der Waals surface area (Å²) < 4.78 is 2.33. The maximum Gasteiger partial charge on any atom is 0.147 e. The molecule has 3 N–H and O–H groups in total. The van der Waals surface area contributed by atoms with Crippen LogP contribution in [-0.2, 0) is 5.54 Å². The van der Waals surface area contributed by atoms with Crippen molar-refractivity contribution in [3.8, 4) is 39.6 Å². The average Bonchev–Trinajstić information content (AvgIpc) is 3.30. The number of nitrogens with two attached hydrogens (primary N) is 1. The van der Waals surface area contributed by atoms with Crippen molar-refractivity contribution in [2.45, 2.75) is 24.8 Å². The quantitative estimate of drug-likeness (QED) is 0.254. The molecule has 0 radical (unpaired) electrons. The summed E-state index contributed by atoms with van der Waals surface area (Å²) in [4.78, 5) is 5.40. The highest BCUT2D eigenvalue weighted by molar-refractivity contribution is 5.94. The second-order valence-electron chi connectivity index (χ2n) is 10.8. The number of rotatable bonds is 3. The van der Waals surface area contributed by atoms with Crippen LogP contribution in [0, 0.1) is 0 Å². The largest absolute Gasteiger partial charge is 0.353 e. The molecule has 0 spiro atoms. The first-order valence-electron chi connectivity index (χ1n) is 13.7. The molecule has 1 aliphatic carbocycles. The van der Waals surface area contributed by atoms with Gasteiger partial charge in [0.15, 0.2) is 0 Å². The molecular formula is C35H28N4. The van der Waals surface area contributed by atoms with Crippen molar-refractivity contribution in [3.05, 3.63) is 121 Å². The third kappa shape index (κ3) is 3.45. The zero-order chi connectivity index (χ0) is 26.0.